The van der Waals surface area contributed by atoms with Crippen molar-refractivity contribution in [3.8, 4) is 0 Å². The van der Waals surface area contributed by atoms with E-state index >= 15 is 0 Å². The first kappa shape index (κ1) is 29.6. The molecule has 1 unspecified atom stereocenters. The molecule has 0 saturated heterocycles. The minimum atomic E-state index is -0.431. The molecular weight excluding hydrogens is 408 g/mol. The highest BCUT2D eigenvalue weighted by Crippen LogP contribution is 2.53. The Balaban J connectivity index is 2.81. The van der Waals surface area contributed by atoms with E-state index in [1.54, 1.807) is 0 Å². The summed E-state index contributed by atoms with van der Waals surface area (Å²) in [5.74, 6) is 0.930. The Bertz CT molecular complexity index is 736. The third-order valence-corrected chi connectivity index (χ3v) is 7.80. The summed E-state index contributed by atoms with van der Waals surface area (Å²) in [6.45, 7) is 15.3. The van der Waals surface area contributed by atoms with Gasteiger partial charge in [-0.2, -0.15) is 0 Å². The minimum absolute atomic E-state index is 0.115. The van der Waals surface area contributed by atoms with E-state index in [4.69, 9.17) is 0 Å². The zero-order chi connectivity index (χ0) is 25.0. The fourth-order valence-electron chi connectivity index (χ4n) is 5.49. The molecule has 1 aliphatic rings. The Labute approximate surface area is 203 Å². The first-order valence-corrected chi connectivity index (χ1v) is 12.9. The quantitative estimate of drug-likeness (QED) is 0.171. The fourth-order valence-corrected chi connectivity index (χ4v) is 5.49. The van der Waals surface area contributed by atoms with Gasteiger partial charge in [0.05, 0.1) is 6.10 Å². The summed E-state index contributed by atoms with van der Waals surface area (Å²) in [5, 5.41) is 20.0. The van der Waals surface area contributed by atoms with Gasteiger partial charge in [-0.05, 0) is 115 Å². The van der Waals surface area contributed by atoms with E-state index in [1.165, 1.54) is 22.3 Å². The summed E-state index contributed by atoms with van der Waals surface area (Å²) in [4.78, 5) is 11.5. The Hall–Kier alpha value is -1.45. The van der Waals surface area contributed by atoms with E-state index in [-0.39, 0.29) is 12.0 Å². The zero-order valence-corrected chi connectivity index (χ0v) is 22.4. The highest BCUT2D eigenvalue weighted by Gasteiger charge is 2.43. The molecule has 3 heteroatoms. The lowest BCUT2D eigenvalue weighted by molar-refractivity contribution is -0.105. The van der Waals surface area contributed by atoms with Gasteiger partial charge in [0.1, 0.15) is 6.29 Å². The zero-order valence-electron chi connectivity index (χ0n) is 22.4. The maximum Gasteiger partial charge on any atom is 0.145 e. The van der Waals surface area contributed by atoms with Crippen molar-refractivity contribution < 1.29 is 15.0 Å². The molecule has 188 valence electrons. The summed E-state index contributed by atoms with van der Waals surface area (Å²) < 4.78 is 0. The predicted molar refractivity (Wildman–Crippen MR) is 141 cm³/mol. The van der Waals surface area contributed by atoms with Gasteiger partial charge in [-0.15, -0.1) is 0 Å². The number of aldehydes is 1. The molecule has 33 heavy (non-hydrogen) atoms. The Morgan fingerprint density at radius 2 is 1.82 bits per heavy atom. The van der Waals surface area contributed by atoms with Gasteiger partial charge >= 0.3 is 0 Å². The first-order chi connectivity index (χ1) is 15.5. The molecule has 1 saturated carbocycles. The first-order valence-electron chi connectivity index (χ1n) is 12.9. The van der Waals surface area contributed by atoms with Crippen molar-refractivity contribution in [3.05, 3.63) is 46.1 Å². The van der Waals surface area contributed by atoms with Gasteiger partial charge < -0.3 is 10.2 Å². The van der Waals surface area contributed by atoms with Crippen LogP contribution in [-0.4, -0.2) is 29.2 Å². The van der Waals surface area contributed by atoms with Crippen molar-refractivity contribution in [1.82, 2.24) is 0 Å². The maximum atomic E-state index is 11.5. The van der Waals surface area contributed by atoms with Crippen LogP contribution in [0.4, 0.5) is 0 Å². The van der Waals surface area contributed by atoms with Crippen LogP contribution in [0.5, 0.6) is 0 Å². The summed E-state index contributed by atoms with van der Waals surface area (Å²) in [6.07, 6.45) is 15.7. The number of allylic oxidation sites excluding steroid dienone is 6. The molecule has 0 aromatic heterocycles. The number of aliphatic hydroxyl groups excluding tert-OH is 2. The number of carbonyl (C=O) groups excluding carboxylic acids is 1. The Morgan fingerprint density at radius 1 is 1.12 bits per heavy atom. The van der Waals surface area contributed by atoms with E-state index in [9.17, 15) is 15.0 Å². The molecule has 0 amide bonds. The third kappa shape index (κ3) is 9.74. The van der Waals surface area contributed by atoms with Gasteiger partial charge in [0.15, 0.2) is 0 Å². The standard InChI is InChI=1S/C30H50O3/c1-22(2)11-8-12-23(3)19-27(33)20-24(4)13-9-17-30(7)26(6)15-16-28(25(5)21-32)29(30)14-10-18-31/h11,13,19,21,26-27,29,31,33H,8-10,12,14-18,20H2,1-7H3/b23-19+,24-13+,28-25-/t26-,27?,29-,30-/m1/s1. The molecule has 4 atom stereocenters. The maximum absolute atomic E-state index is 11.5. The molecule has 3 nitrogen and oxygen atoms in total. The normalized spacial score (nSPS) is 26.7. The molecule has 0 bridgehead atoms. The topological polar surface area (TPSA) is 57.5 Å². The largest absolute Gasteiger partial charge is 0.396 e. The molecule has 0 radical (unpaired) electrons. The molecule has 0 aliphatic heterocycles. The summed E-state index contributed by atoms with van der Waals surface area (Å²) in [5.41, 5.74) is 6.12. The van der Waals surface area contributed by atoms with Crippen LogP contribution in [0.15, 0.2) is 46.1 Å². The Morgan fingerprint density at radius 3 is 2.42 bits per heavy atom. The van der Waals surface area contributed by atoms with Crippen molar-refractivity contribution >= 4 is 6.29 Å². The van der Waals surface area contributed by atoms with Crippen molar-refractivity contribution in [1.29, 1.82) is 0 Å². The van der Waals surface area contributed by atoms with Gasteiger partial charge in [0, 0.05) is 6.61 Å². The van der Waals surface area contributed by atoms with Gasteiger partial charge in [-0.3, -0.25) is 4.79 Å². The highest BCUT2D eigenvalue weighted by atomic mass is 16.3. The smallest absolute Gasteiger partial charge is 0.145 e. The van der Waals surface area contributed by atoms with Crippen LogP contribution in [0.1, 0.15) is 106 Å². The lowest BCUT2D eigenvalue weighted by Crippen LogP contribution is -2.39. The van der Waals surface area contributed by atoms with E-state index < -0.39 is 6.10 Å². The number of hydrogen-bond donors (Lipinski definition) is 2. The van der Waals surface area contributed by atoms with Crippen LogP contribution >= 0.6 is 0 Å². The molecule has 1 fully saturated rings. The van der Waals surface area contributed by atoms with Crippen molar-refractivity contribution in [2.24, 2.45) is 17.3 Å². The average molecular weight is 459 g/mol. The van der Waals surface area contributed by atoms with Crippen molar-refractivity contribution in [2.75, 3.05) is 6.61 Å². The Kier molecular flexibility index (Phi) is 13.2. The van der Waals surface area contributed by atoms with Crippen LogP contribution in [0.2, 0.25) is 0 Å². The minimum Gasteiger partial charge on any atom is -0.396 e. The van der Waals surface area contributed by atoms with E-state index in [0.29, 0.717) is 18.3 Å². The highest BCUT2D eigenvalue weighted by molar-refractivity contribution is 5.73. The summed E-state index contributed by atoms with van der Waals surface area (Å²) >= 11 is 0. The van der Waals surface area contributed by atoms with Gasteiger partial charge in [0.25, 0.3) is 0 Å². The van der Waals surface area contributed by atoms with Crippen LogP contribution in [0.25, 0.3) is 0 Å². The number of carbonyl (C=O) groups is 1. The van der Waals surface area contributed by atoms with E-state index in [0.717, 1.165) is 63.2 Å². The second-order valence-electron chi connectivity index (χ2n) is 10.9. The summed E-state index contributed by atoms with van der Waals surface area (Å²) in [6, 6.07) is 0. The lowest BCUT2D eigenvalue weighted by atomic mass is 9.56. The number of rotatable bonds is 13. The van der Waals surface area contributed by atoms with Crippen LogP contribution < -0.4 is 0 Å². The van der Waals surface area contributed by atoms with Crippen LogP contribution in [0, 0.1) is 17.3 Å². The molecule has 1 aliphatic carbocycles. The third-order valence-electron chi connectivity index (χ3n) is 7.80. The number of hydrogen-bond acceptors (Lipinski definition) is 3. The summed E-state index contributed by atoms with van der Waals surface area (Å²) in [7, 11) is 0. The van der Waals surface area contributed by atoms with E-state index in [1.807, 2.05) is 13.0 Å². The molecule has 0 aromatic rings. The fraction of sp³-hybridized carbons (Fsp3) is 0.700. The molecular formula is C30H50O3. The van der Waals surface area contributed by atoms with Gasteiger partial charge in [0.2, 0.25) is 0 Å². The molecule has 0 heterocycles. The van der Waals surface area contributed by atoms with Crippen molar-refractivity contribution in [3.63, 3.8) is 0 Å². The predicted octanol–water partition coefficient (Wildman–Crippen LogP) is 7.50. The monoisotopic (exact) mass is 458 g/mol. The van der Waals surface area contributed by atoms with Gasteiger partial charge in [-0.25, -0.2) is 0 Å². The average Bonchev–Trinajstić information content (AvgIpc) is 2.73. The SMILES string of the molecule is CC(C)=CCC/C(C)=C/C(O)C/C(C)=C/CC[C@]1(C)[C@H](C)CC/C(=C(\C)C=O)[C@H]1CCCO. The van der Waals surface area contributed by atoms with Crippen molar-refractivity contribution in [2.45, 2.75) is 112 Å². The molecule has 2 N–H and O–H groups in total. The molecule has 0 aromatic carbocycles. The van der Waals surface area contributed by atoms with E-state index in [2.05, 4.69) is 53.7 Å². The molecule has 0 spiro atoms. The second kappa shape index (κ2) is 14.7. The number of aliphatic hydroxyl groups is 2. The molecule has 1 rings (SSSR count). The lowest BCUT2D eigenvalue weighted by Gasteiger charge is -2.48. The van der Waals surface area contributed by atoms with Crippen LogP contribution in [0.3, 0.4) is 0 Å². The van der Waals surface area contributed by atoms with Crippen LogP contribution in [-0.2, 0) is 4.79 Å². The van der Waals surface area contributed by atoms with Gasteiger partial charge in [-0.1, -0.05) is 54.4 Å². The second-order valence-corrected chi connectivity index (χ2v) is 10.9.